The van der Waals surface area contributed by atoms with Crippen LogP contribution in [0.25, 0.3) is 0 Å². The summed E-state index contributed by atoms with van der Waals surface area (Å²) in [6, 6.07) is -1.31. The van der Waals surface area contributed by atoms with Gasteiger partial charge < -0.3 is 27.0 Å². The summed E-state index contributed by atoms with van der Waals surface area (Å²) in [5, 5.41) is 6.23. The van der Waals surface area contributed by atoms with Crippen molar-refractivity contribution >= 4 is 11.8 Å². The molecule has 238 valence electrons. The fourth-order valence-corrected chi connectivity index (χ4v) is 8.26. The molecule has 0 aromatic rings. The van der Waals surface area contributed by atoms with Gasteiger partial charge in [-0.1, -0.05) is 38.8 Å². The van der Waals surface area contributed by atoms with Crippen LogP contribution in [0.3, 0.4) is 0 Å². The third-order valence-electron chi connectivity index (χ3n) is 10.5. The molecule has 5 aliphatic rings. The van der Waals surface area contributed by atoms with E-state index >= 15 is 4.39 Å². The number of unbranched alkanes of at least 4 members (excludes halogenated alkanes) is 1. The van der Waals surface area contributed by atoms with Crippen LogP contribution in [-0.2, 0) is 9.59 Å². The summed E-state index contributed by atoms with van der Waals surface area (Å²) in [6.07, 6.45) is 6.01. The molecule has 5 heterocycles. The van der Waals surface area contributed by atoms with Crippen LogP contribution in [0.4, 0.5) is 8.78 Å². The standard InChI is InChI=1S/C30H52F2N8O2/c1-3-5-9-30-10-8-20(31)19-40(30)24(16-30)25(27(33)34)28(41)36-22-18-35-17-21(32)26(22)38-12-14-39(15-13-38)29(42)23-7-6-11-37(23)4-2/h8,10,20-27,35H,3-7,9,11-19,33-34H2,1-2H3,(H,36,41). The Morgan fingerprint density at radius 1 is 1.12 bits per heavy atom. The highest BCUT2D eigenvalue weighted by Gasteiger charge is 2.56. The van der Waals surface area contributed by atoms with Crippen molar-refractivity contribution in [2.45, 2.75) is 101 Å². The maximum Gasteiger partial charge on any atom is 0.240 e. The number of carbonyl (C=O) groups excluding carboxylic acids is 2. The number of fused-ring (bicyclic) bond motifs is 1. The Labute approximate surface area is 249 Å². The molecule has 42 heavy (non-hydrogen) atoms. The minimum absolute atomic E-state index is 0.0471. The van der Waals surface area contributed by atoms with Crippen molar-refractivity contribution in [3.8, 4) is 0 Å². The van der Waals surface area contributed by atoms with Crippen LogP contribution in [0.15, 0.2) is 12.2 Å². The summed E-state index contributed by atoms with van der Waals surface area (Å²) in [5.74, 6) is -0.856. The number of hydrogen-bond acceptors (Lipinski definition) is 8. The number of hydrogen-bond donors (Lipinski definition) is 4. The summed E-state index contributed by atoms with van der Waals surface area (Å²) in [7, 11) is 0. The van der Waals surface area contributed by atoms with Crippen molar-refractivity contribution in [1.29, 1.82) is 0 Å². The first-order chi connectivity index (χ1) is 20.2. The molecule has 0 spiro atoms. The Bertz CT molecular complexity index is 979. The number of carbonyl (C=O) groups is 2. The van der Waals surface area contributed by atoms with E-state index in [2.05, 4.69) is 39.2 Å². The molecule has 5 rings (SSSR count). The highest BCUT2D eigenvalue weighted by atomic mass is 19.1. The maximum absolute atomic E-state index is 15.5. The van der Waals surface area contributed by atoms with E-state index in [1.807, 2.05) is 11.0 Å². The molecule has 0 radical (unpaired) electrons. The lowest BCUT2D eigenvalue weighted by Crippen LogP contribution is -2.74. The van der Waals surface area contributed by atoms with Crippen molar-refractivity contribution in [1.82, 2.24) is 30.2 Å². The monoisotopic (exact) mass is 594 g/mol. The zero-order chi connectivity index (χ0) is 30.0. The Hall–Kier alpha value is -1.70. The molecule has 8 unspecified atom stereocenters. The van der Waals surface area contributed by atoms with Gasteiger partial charge in [-0.25, -0.2) is 8.78 Å². The molecule has 12 heteroatoms. The van der Waals surface area contributed by atoms with E-state index < -0.39 is 36.5 Å². The van der Waals surface area contributed by atoms with Crippen molar-refractivity contribution < 1.29 is 18.4 Å². The van der Waals surface area contributed by atoms with E-state index in [0.29, 0.717) is 39.1 Å². The van der Waals surface area contributed by atoms with Crippen LogP contribution >= 0.6 is 0 Å². The molecule has 10 nitrogen and oxygen atoms in total. The average Bonchev–Trinajstić information content (AvgIpc) is 3.45. The molecule has 6 N–H and O–H groups in total. The van der Waals surface area contributed by atoms with E-state index in [0.717, 1.165) is 45.2 Å². The van der Waals surface area contributed by atoms with Gasteiger partial charge in [-0.3, -0.25) is 24.3 Å². The lowest BCUT2D eigenvalue weighted by molar-refractivity contribution is -0.142. The first-order valence-electron chi connectivity index (χ1n) is 16.2. The number of halogens is 2. The number of alkyl halides is 2. The molecular formula is C30H52F2N8O2. The van der Waals surface area contributed by atoms with Gasteiger partial charge in [0.1, 0.15) is 12.3 Å². The van der Waals surface area contributed by atoms with E-state index in [-0.39, 0.29) is 42.5 Å². The molecule has 2 amide bonds. The minimum atomic E-state index is -1.17. The van der Waals surface area contributed by atoms with Crippen molar-refractivity contribution in [2.75, 3.05) is 58.9 Å². The molecule has 0 saturated carbocycles. The lowest BCUT2D eigenvalue weighted by atomic mass is 9.68. The predicted molar refractivity (Wildman–Crippen MR) is 159 cm³/mol. The highest BCUT2D eigenvalue weighted by molar-refractivity contribution is 5.82. The third-order valence-corrected chi connectivity index (χ3v) is 10.5. The molecule has 8 atom stereocenters. The van der Waals surface area contributed by atoms with Gasteiger partial charge in [0.25, 0.3) is 0 Å². The van der Waals surface area contributed by atoms with Gasteiger partial charge in [0.05, 0.1) is 30.2 Å². The Balaban J connectivity index is 1.23. The number of nitrogens with zero attached hydrogens (tertiary/aromatic N) is 4. The summed E-state index contributed by atoms with van der Waals surface area (Å²) in [5.41, 5.74) is 12.2. The van der Waals surface area contributed by atoms with Gasteiger partial charge in [-0.15, -0.1) is 0 Å². The Morgan fingerprint density at radius 2 is 1.88 bits per heavy atom. The minimum Gasteiger partial charge on any atom is -0.350 e. The number of likely N-dealkylation sites (tertiary alicyclic amines) is 1. The zero-order valence-electron chi connectivity index (χ0n) is 25.4. The van der Waals surface area contributed by atoms with Crippen LogP contribution < -0.4 is 22.1 Å². The first-order valence-corrected chi connectivity index (χ1v) is 16.2. The Morgan fingerprint density at radius 3 is 2.57 bits per heavy atom. The van der Waals surface area contributed by atoms with Crippen molar-refractivity contribution in [2.24, 2.45) is 17.4 Å². The van der Waals surface area contributed by atoms with Crippen LogP contribution in [0, 0.1) is 5.92 Å². The largest absolute Gasteiger partial charge is 0.350 e. The number of likely N-dealkylation sites (N-methyl/N-ethyl adjacent to an activating group) is 1. The second-order valence-corrected chi connectivity index (χ2v) is 13.0. The topological polar surface area (TPSA) is 123 Å². The summed E-state index contributed by atoms with van der Waals surface area (Å²) < 4.78 is 30.0. The summed E-state index contributed by atoms with van der Waals surface area (Å²) in [4.78, 5) is 35.4. The fraction of sp³-hybridized carbons (Fsp3) is 0.867. The van der Waals surface area contributed by atoms with E-state index in [4.69, 9.17) is 11.5 Å². The molecule has 5 aliphatic heterocycles. The van der Waals surface area contributed by atoms with Gasteiger partial charge in [0, 0.05) is 57.4 Å². The summed E-state index contributed by atoms with van der Waals surface area (Å²) >= 11 is 0. The third kappa shape index (κ3) is 6.25. The molecule has 4 fully saturated rings. The lowest BCUT2D eigenvalue weighted by Gasteiger charge is -2.61. The first kappa shape index (κ1) is 31.7. The molecule has 4 saturated heterocycles. The number of piperidine rings is 1. The zero-order valence-corrected chi connectivity index (χ0v) is 25.4. The quantitative estimate of drug-likeness (QED) is 0.209. The fourth-order valence-electron chi connectivity index (χ4n) is 8.26. The van der Waals surface area contributed by atoms with E-state index in [9.17, 15) is 14.0 Å². The number of rotatable bonds is 10. The van der Waals surface area contributed by atoms with Crippen molar-refractivity contribution in [3.05, 3.63) is 12.2 Å². The number of nitrogens with two attached hydrogens (primary N) is 2. The molecule has 0 bridgehead atoms. The van der Waals surface area contributed by atoms with Crippen molar-refractivity contribution in [3.63, 3.8) is 0 Å². The van der Waals surface area contributed by atoms with Crippen LogP contribution in [0.2, 0.25) is 0 Å². The predicted octanol–water partition coefficient (Wildman–Crippen LogP) is 0.181. The number of amides is 2. The average molecular weight is 595 g/mol. The second kappa shape index (κ2) is 13.5. The maximum atomic E-state index is 15.5. The van der Waals surface area contributed by atoms with Gasteiger partial charge >= 0.3 is 0 Å². The smallest absolute Gasteiger partial charge is 0.240 e. The Kier molecular flexibility index (Phi) is 10.2. The number of nitrogens with one attached hydrogen (secondary N) is 2. The molecular weight excluding hydrogens is 542 g/mol. The van der Waals surface area contributed by atoms with Crippen LogP contribution in [0.5, 0.6) is 0 Å². The van der Waals surface area contributed by atoms with Gasteiger partial charge in [0.15, 0.2) is 0 Å². The molecule has 0 aliphatic carbocycles. The molecule has 0 aromatic carbocycles. The van der Waals surface area contributed by atoms with Gasteiger partial charge in [0.2, 0.25) is 11.8 Å². The SMILES string of the molecule is CCCCC12C=CC(F)CN1C(C(C(=O)NC1CNCC(F)C1N1CCN(C(=O)C3CCCN3CC)CC1)C(N)N)C2. The van der Waals surface area contributed by atoms with Crippen LogP contribution in [-0.4, -0.2) is 139 Å². The molecule has 0 aromatic heterocycles. The van der Waals surface area contributed by atoms with Gasteiger partial charge in [-0.2, -0.15) is 0 Å². The second-order valence-electron chi connectivity index (χ2n) is 13.0. The summed E-state index contributed by atoms with van der Waals surface area (Å²) in [6.45, 7) is 9.14. The van der Waals surface area contributed by atoms with Crippen LogP contribution in [0.1, 0.15) is 52.4 Å². The normalized spacial score (nSPS) is 37.0. The van der Waals surface area contributed by atoms with E-state index in [1.165, 1.54) is 0 Å². The van der Waals surface area contributed by atoms with Gasteiger partial charge in [-0.05, 0) is 38.8 Å². The highest BCUT2D eigenvalue weighted by Crippen LogP contribution is 2.47. The van der Waals surface area contributed by atoms with E-state index in [1.54, 1.807) is 6.08 Å². The number of piperazine rings is 1.